The first-order valence-corrected chi connectivity index (χ1v) is 8.08. The standard InChI is InChI=1S/C8H10BrNO2.C8H9NO2/c9-8-6(2-1-4-10-8)7(12)3-5-11;10-7-3-5-11-8-6(7)2-1-4-9-8/h1-2,4,7,11-12H,3,5H2;1-2,4,7,10H,3,5H2. The summed E-state index contributed by atoms with van der Waals surface area (Å²) in [6.45, 7) is 0.535. The van der Waals surface area contributed by atoms with Gasteiger partial charge in [-0.05, 0) is 34.1 Å². The van der Waals surface area contributed by atoms with Crippen LogP contribution in [0.5, 0.6) is 5.88 Å². The zero-order chi connectivity index (χ0) is 16.7. The first-order chi connectivity index (χ1) is 11.1. The number of hydrogen-bond donors (Lipinski definition) is 3. The molecule has 0 radical (unpaired) electrons. The molecule has 1 aliphatic rings. The zero-order valence-corrected chi connectivity index (χ0v) is 14.1. The minimum atomic E-state index is -0.641. The van der Waals surface area contributed by atoms with Crippen LogP contribution in [0, 0.1) is 0 Å². The number of fused-ring (bicyclic) bond motifs is 1. The molecule has 0 aliphatic carbocycles. The molecular weight excluding hydrogens is 364 g/mol. The van der Waals surface area contributed by atoms with E-state index < -0.39 is 12.2 Å². The molecule has 0 amide bonds. The number of pyridine rings is 2. The number of rotatable bonds is 3. The van der Waals surface area contributed by atoms with Crippen molar-refractivity contribution in [3.8, 4) is 5.88 Å². The second-order valence-electron chi connectivity index (χ2n) is 4.96. The summed E-state index contributed by atoms with van der Waals surface area (Å²) >= 11 is 3.21. The molecule has 0 saturated carbocycles. The van der Waals surface area contributed by atoms with Crippen LogP contribution >= 0.6 is 15.9 Å². The molecule has 0 bridgehead atoms. The van der Waals surface area contributed by atoms with Crippen LogP contribution in [0.1, 0.15) is 36.2 Å². The van der Waals surface area contributed by atoms with Crippen LogP contribution in [0.4, 0.5) is 0 Å². The van der Waals surface area contributed by atoms with Crippen molar-refractivity contribution in [2.45, 2.75) is 25.0 Å². The van der Waals surface area contributed by atoms with Gasteiger partial charge in [-0.2, -0.15) is 0 Å². The Labute approximate surface area is 142 Å². The normalized spacial score (nSPS) is 17.3. The van der Waals surface area contributed by atoms with Crippen LogP contribution in [0.3, 0.4) is 0 Å². The fourth-order valence-corrected chi connectivity index (χ4v) is 2.64. The van der Waals surface area contributed by atoms with E-state index in [0.29, 0.717) is 35.5 Å². The SMILES string of the molecule is OC1CCOc2ncccc21.OCCC(O)c1cccnc1Br. The first kappa shape index (κ1) is 17.8. The third-order valence-corrected chi connectivity index (χ3v) is 4.00. The Morgan fingerprint density at radius 1 is 1.26 bits per heavy atom. The molecule has 23 heavy (non-hydrogen) atoms. The highest BCUT2D eigenvalue weighted by atomic mass is 79.9. The van der Waals surface area contributed by atoms with E-state index in [1.165, 1.54) is 0 Å². The molecule has 0 aromatic carbocycles. The predicted octanol–water partition coefficient (Wildman–Crippen LogP) is 2.16. The second kappa shape index (κ2) is 8.93. The molecule has 7 heteroatoms. The lowest BCUT2D eigenvalue weighted by atomic mass is 10.1. The molecule has 2 aromatic rings. The number of aliphatic hydroxyl groups is 3. The molecule has 0 spiro atoms. The van der Waals surface area contributed by atoms with Gasteiger partial charge in [-0.1, -0.05) is 6.07 Å². The summed E-state index contributed by atoms with van der Waals surface area (Å²) in [5.41, 5.74) is 1.52. The van der Waals surface area contributed by atoms with Crippen LogP contribution < -0.4 is 4.74 Å². The Bertz CT molecular complexity index is 627. The van der Waals surface area contributed by atoms with E-state index in [9.17, 15) is 10.2 Å². The largest absolute Gasteiger partial charge is 0.477 e. The maximum absolute atomic E-state index is 9.47. The van der Waals surface area contributed by atoms with Gasteiger partial charge in [-0.15, -0.1) is 0 Å². The van der Waals surface area contributed by atoms with Crippen molar-refractivity contribution >= 4 is 15.9 Å². The van der Waals surface area contributed by atoms with Crippen LogP contribution in [-0.2, 0) is 0 Å². The highest BCUT2D eigenvalue weighted by molar-refractivity contribution is 9.10. The molecule has 124 valence electrons. The molecule has 3 N–H and O–H groups in total. The summed E-state index contributed by atoms with van der Waals surface area (Å²) in [5.74, 6) is 0.575. The Morgan fingerprint density at radius 2 is 2.00 bits per heavy atom. The van der Waals surface area contributed by atoms with Gasteiger partial charge in [-0.3, -0.25) is 0 Å². The molecule has 2 unspecified atom stereocenters. The maximum Gasteiger partial charge on any atom is 0.219 e. The first-order valence-electron chi connectivity index (χ1n) is 7.28. The number of aromatic nitrogens is 2. The van der Waals surface area contributed by atoms with Gasteiger partial charge in [0.25, 0.3) is 0 Å². The average molecular weight is 383 g/mol. The van der Waals surface area contributed by atoms with E-state index in [1.807, 2.05) is 6.07 Å². The van der Waals surface area contributed by atoms with Crippen molar-refractivity contribution in [3.63, 3.8) is 0 Å². The predicted molar refractivity (Wildman–Crippen MR) is 87.9 cm³/mol. The van der Waals surface area contributed by atoms with E-state index in [1.54, 1.807) is 30.6 Å². The minimum Gasteiger partial charge on any atom is -0.477 e. The summed E-state index contributed by atoms with van der Waals surface area (Å²) < 4.78 is 5.85. The van der Waals surface area contributed by atoms with Gasteiger partial charge in [0.2, 0.25) is 5.88 Å². The zero-order valence-electron chi connectivity index (χ0n) is 12.5. The molecule has 0 fully saturated rings. The van der Waals surface area contributed by atoms with Crippen molar-refractivity contribution in [1.29, 1.82) is 0 Å². The maximum atomic E-state index is 9.47. The van der Waals surface area contributed by atoms with Crippen LogP contribution in [-0.4, -0.2) is 38.5 Å². The van der Waals surface area contributed by atoms with Crippen LogP contribution in [0.2, 0.25) is 0 Å². The fourth-order valence-electron chi connectivity index (χ4n) is 2.13. The van der Waals surface area contributed by atoms with E-state index in [0.717, 1.165) is 5.56 Å². The van der Waals surface area contributed by atoms with Gasteiger partial charge in [0, 0.05) is 43.0 Å². The van der Waals surface area contributed by atoms with E-state index in [-0.39, 0.29) is 6.61 Å². The van der Waals surface area contributed by atoms with E-state index in [4.69, 9.17) is 9.84 Å². The van der Waals surface area contributed by atoms with Crippen molar-refractivity contribution in [1.82, 2.24) is 9.97 Å². The summed E-state index contributed by atoms with van der Waals surface area (Å²) in [7, 11) is 0. The second-order valence-corrected chi connectivity index (χ2v) is 5.71. The minimum absolute atomic E-state index is 0.0253. The smallest absolute Gasteiger partial charge is 0.219 e. The molecule has 1 aliphatic heterocycles. The average Bonchev–Trinajstić information content (AvgIpc) is 2.57. The molecular formula is C16H19BrN2O4. The number of hydrogen-bond acceptors (Lipinski definition) is 6. The molecule has 6 nitrogen and oxygen atoms in total. The van der Waals surface area contributed by atoms with E-state index >= 15 is 0 Å². The van der Waals surface area contributed by atoms with Gasteiger partial charge in [0.15, 0.2) is 0 Å². The quantitative estimate of drug-likeness (QED) is 0.703. The lowest BCUT2D eigenvalue weighted by molar-refractivity contribution is 0.112. The van der Waals surface area contributed by atoms with Crippen molar-refractivity contribution < 1.29 is 20.1 Å². The fraction of sp³-hybridized carbons (Fsp3) is 0.375. The van der Waals surface area contributed by atoms with E-state index in [2.05, 4.69) is 25.9 Å². The van der Waals surface area contributed by atoms with Crippen molar-refractivity contribution in [2.24, 2.45) is 0 Å². The Morgan fingerprint density at radius 3 is 2.70 bits per heavy atom. The molecule has 3 heterocycles. The Hall–Kier alpha value is -1.54. The molecule has 0 saturated heterocycles. The summed E-state index contributed by atoms with van der Waals surface area (Å²) in [4.78, 5) is 7.94. The van der Waals surface area contributed by atoms with Crippen molar-refractivity contribution in [2.75, 3.05) is 13.2 Å². The van der Waals surface area contributed by atoms with Crippen LogP contribution in [0.25, 0.3) is 0 Å². The van der Waals surface area contributed by atoms with Crippen molar-refractivity contribution in [3.05, 3.63) is 52.4 Å². The summed E-state index contributed by atoms with van der Waals surface area (Å²) in [5, 5.41) is 27.5. The van der Waals surface area contributed by atoms with Gasteiger partial charge in [-0.25, -0.2) is 9.97 Å². The molecule has 2 atom stereocenters. The molecule has 2 aromatic heterocycles. The third kappa shape index (κ3) is 4.97. The van der Waals surface area contributed by atoms with Gasteiger partial charge in [0.1, 0.15) is 4.60 Å². The number of ether oxygens (including phenoxy) is 1. The van der Waals surface area contributed by atoms with Gasteiger partial charge < -0.3 is 20.1 Å². The highest BCUT2D eigenvalue weighted by Gasteiger charge is 2.18. The van der Waals surface area contributed by atoms with Gasteiger partial charge >= 0.3 is 0 Å². The highest BCUT2D eigenvalue weighted by Crippen LogP contribution is 2.28. The monoisotopic (exact) mass is 382 g/mol. The number of nitrogens with zero attached hydrogens (tertiary/aromatic N) is 2. The summed E-state index contributed by atoms with van der Waals surface area (Å²) in [6, 6.07) is 7.17. The number of halogens is 1. The lowest BCUT2D eigenvalue weighted by Crippen LogP contribution is -2.14. The number of aliphatic hydroxyl groups excluding tert-OH is 3. The van der Waals surface area contributed by atoms with Gasteiger partial charge in [0.05, 0.1) is 18.8 Å². The summed E-state index contributed by atoms with van der Waals surface area (Å²) in [6.07, 6.45) is 3.27. The third-order valence-electron chi connectivity index (χ3n) is 3.34. The van der Waals surface area contributed by atoms with Crippen LogP contribution in [0.15, 0.2) is 41.3 Å². The molecule has 3 rings (SSSR count). The topological polar surface area (TPSA) is 95.7 Å². The Kier molecular flexibility index (Phi) is 6.91. The lowest BCUT2D eigenvalue weighted by Gasteiger charge is -2.19. The Balaban J connectivity index is 0.000000167.